The number of Topliss-reactive ketones (excluding diaryl/α,β-unsaturated/α-hetero) is 1. The van der Waals surface area contributed by atoms with E-state index >= 15 is 0 Å². The van der Waals surface area contributed by atoms with E-state index in [0.29, 0.717) is 6.42 Å². The molecule has 2 N–H and O–H groups in total. The molecule has 23 heavy (non-hydrogen) atoms. The first-order valence-electron chi connectivity index (χ1n) is 8.00. The highest BCUT2D eigenvalue weighted by atomic mass is 16.2. The van der Waals surface area contributed by atoms with Crippen molar-refractivity contribution in [1.29, 1.82) is 0 Å². The highest BCUT2D eigenvalue weighted by Gasteiger charge is 2.10. The van der Waals surface area contributed by atoms with Crippen LogP contribution in [0.3, 0.4) is 0 Å². The molecule has 0 aliphatic rings. The molecular formula is C18H26N2O3. The number of amides is 2. The van der Waals surface area contributed by atoms with Crippen LogP contribution in [0.25, 0.3) is 0 Å². The fraction of sp³-hybridized carbons (Fsp3) is 0.500. The van der Waals surface area contributed by atoms with Crippen molar-refractivity contribution in [2.45, 2.75) is 40.0 Å². The Bertz CT molecular complexity index is 536. The van der Waals surface area contributed by atoms with Crippen molar-refractivity contribution in [3.05, 3.63) is 35.4 Å². The van der Waals surface area contributed by atoms with Gasteiger partial charge in [-0.3, -0.25) is 14.4 Å². The van der Waals surface area contributed by atoms with E-state index in [9.17, 15) is 14.4 Å². The van der Waals surface area contributed by atoms with Gasteiger partial charge in [-0.05, 0) is 25.3 Å². The van der Waals surface area contributed by atoms with E-state index in [1.165, 1.54) is 11.1 Å². The molecule has 1 rings (SSSR count). The first-order valence-corrected chi connectivity index (χ1v) is 8.00. The largest absolute Gasteiger partial charge is 0.347 e. The zero-order valence-electron chi connectivity index (χ0n) is 14.1. The maximum Gasteiger partial charge on any atom is 0.239 e. The zero-order valence-corrected chi connectivity index (χ0v) is 14.1. The summed E-state index contributed by atoms with van der Waals surface area (Å²) in [7, 11) is 0. The van der Waals surface area contributed by atoms with Gasteiger partial charge in [0.1, 0.15) is 0 Å². The van der Waals surface area contributed by atoms with Gasteiger partial charge in [-0.2, -0.15) is 0 Å². The molecule has 126 valence electrons. The zero-order chi connectivity index (χ0) is 17.2. The first kappa shape index (κ1) is 18.9. The van der Waals surface area contributed by atoms with E-state index in [2.05, 4.69) is 34.9 Å². The molecule has 0 unspecified atom stereocenters. The highest BCUT2D eigenvalue weighted by molar-refractivity contribution is 5.89. The minimum absolute atomic E-state index is 0.0137. The second kappa shape index (κ2) is 9.77. The van der Waals surface area contributed by atoms with Crippen molar-refractivity contribution in [1.82, 2.24) is 10.6 Å². The molecule has 0 bridgehead atoms. The Kier molecular flexibility index (Phi) is 8.02. The molecule has 0 fully saturated rings. The molecular weight excluding hydrogens is 292 g/mol. The molecule has 0 aliphatic heterocycles. The van der Waals surface area contributed by atoms with Crippen LogP contribution in [0.4, 0.5) is 0 Å². The van der Waals surface area contributed by atoms with E-state index in [0.717, 1.165) is 12.8 Å². The second-order valence-corrected chi connectivity index (χ2v) is 6.01. The third-order valence-corrected chi connectivity index (χ3v) is 3.54. The Hall–Kier alpha value is -2.17. The van der Waals surface area contributed by atoms with Gasteiger partial charge >= 0.3 is 0 Å². The molecule has 0 aliphatic carbocycles. The Morgan fingerprint density at radius 1 is 0.957 bits per heavy atom. The van der Waals surface area contributed by atoms with Crippen LogP contribution in [0.1, 0.15) is 37.8 Å². The van der Waals surface area contributed by atoms with Crippen molar-refractivity contribution in [3.8, 4) is 0 Å². The summed E-state index contributed by atoms with van der Waals surface area (Å²) in [5.41, 5.74) is 2.42. The SMILES string of the molecule is Cc1ccc(CCCC(=O)NCC(=O)NCC(=O)C(C)C)cc1. The number of carbonyl (C=O) groups excluding carboxylic acids is 3. The number of benzene rings is 1. The normalized spacial score (nSPS) is 10.4. The molecule has 0 saturated heterocycles. The third kappa shape index (κ3) is 8.14. The number of nitrogens with one attached hydrogen (secondary N) is 2. The van der Waals surface area contributed by atoms with Crippen molar-refractivity contribution in [2.24, 2.45) is 5.92 Å². The maximum atomic E-state index is 11.7. The molecule has 0 aromatic heterocycles. The molecule has 1 aromatic rings. The van der Waals surface area contributed by atoms with Gasteiger partial charge in [0, 0.05) is 12.3 Å². The summed E-state index contributed by atoms with van der Waals surface area (Å²) < 4.78 is 0. The minimum Gasteiger partial charge on any atom is -0.347 e. The number of aryl methyl sites for hydroxylation is 2. The van der Waals surface area contributed by atoms with Crippen LogP contribution >= 0.6 is 0 Å². The average molecular weight is 318 g/mol. The second-order valence-electron chi connectivity index (χ2n) is 6.01. The number of ketones is 1. The summed E-state index contributed by atoms with van der Waals surface area (Å²) >= 11 is 0. The Labute approximate surface area is 137 Å². The van der Waals surface area contributed by atoms with Gasteiger partial charge in [-0.15, -0.1) is 0 Å². The highest BCUT2D eigenvalue weighted by Crippen LogP contribution is 2.07. The summed E-state index contributed by atoms with van der Waals surface area (Å²) in [5.74, 6) is -0.622. The lowest BCUT2D eigenvalue weighted by Gasteiger charge is -2.08. The van der Waals surface area contributed by atoms with Crippen LogP contribution in [0, 0.1) is 12.8 Å². The van der Waals surface area contributed by atoms with E-state index in [-0.39, 0.29) is 36.6 Å². The summed E-state index contributed by atoms with van der Waals surface area (Å²) in [6.45, 7) is 5.53. The van der Waals surface area contributed by atoms with Crippen molar-refractivity contribution in [2.75, 3.05) is 13.1 Å². The van der Waals surface area contributed by atoms with Crippen LogP contribution < -0.4 is 10.6 Å². The van der Waals surface area contributed by atoms with Gasteiger partial charge in [-0.25, -0.2) is 0 Å². The Morgan fingerprint density at radius 2 is 1.57 bits per heavy atom. The smallest absolute Gasteiger partial charge is 0.239 e. The topological polar surface area (TPSA) is 75.3 Å². The summed E-state index contributed by atoms with van der Waals surface area (Å²) in [6.07, 6.45) is 1.96. The number of hydrogen-bond acceptors (Lipinski definition) is 3. The lowest BCUT2D eigenvalue weighted by atomic mass is 10.1. The van der Waals surface area contributed by atoms with E-state index in [1.807, 2.05) is 6.92 Å². The van der Waals surface area contributed by atoms with Gasteiger partial charge in [0.25, 0.3) is 0 Å². The summed E-state index contributed by atoms with van der Waals surface area (Å²) in [5, 5.41) is 5.07. The summed E-state index contributed by atoms with van der Waals surface area (Å²) in [6, 6.07) is 8.23. The van der Waals surface area contributed by atoms with Crippen molar-refractivity contribution < 1.29 is 14.4 Å². The van der Waals surface area contributed by atoms with E-state index < -0.39 is 0 Å². The van der Waals surface area contributed by atoms with Crippen LogP contribution in [0.2, 0.25) is 0 Å². The minimum atomic E-state index is -0.342. The molecule has 0 saturated carbocycles. The van der Waals surface area contributed by atoms with E-state index in [4.69, 9.17) is 0 Å². The van der Waals surface area contributed by atoms with Gasteiger partial charge in [0.15, 0.2) is 5.78 Å². The van der Waals surface area contributed by atoms with Gasteiger partial charge in [0.05, 0.1) is 13.1 Å². The van der Waals surface area contributed by atoms with Crippen LogP contribution in [-0.2, 0) is 20.8 Å². The average Bonchev–Trinajstić information content (AvgIpc) is 2.52. The van der Waals surface area contributed by atoms with Crippen molar-refractivity contribution in [3.63, 3.8) is 0 Å². The lowest BCUT2D eigenvalue weighted by molar-refractivity contribution is -0.127. The van der Waals surface area contributed by atoms with Gasteiger partial charge < -0.3 is 10.6 Å². The van der Waals surface area contributed by atoms with Gasteiger partial charge in [0.2, 0.25) is 11.8 Å². The van der Waals surface area contributed by atoms with Gasteiger partial charge in [-0.1, -0.05) is 43.7 Å². The number of rotatable bonds is 9. The number of hydrogen-bond donors (Lipinski definition) is 2. The lowest BCUT2D eigenvalue weighted by Crippen LogP contribution is -2.39. The molecule has 2 amide bonds. The molecule has 1 aromatic carbocycles. The predicted octanol–water partition coefficient (Wildman–Crippen LogP) is 1.78. The molecule has 5 heteroatoms. The predicted molar refractivity (Wildman–Crippen MR) is 90.0 cm³/mol. The van der Waals surface area contributed by atoms with Crippen LogP contribution in [0.5, 0.6) is 0 Å². The van der Waals surface area contributed by atoms with Crippen molar-refractivity contribution >= 4 is 17.6 Å². The molecule has 0 heterocycles. The monoisotopic (exact) mass is 318 g/mol. The Balaban J connectivity index is 2.15. The Morgan fingerprint density at radius 3 is 2.17 bits per heavy atom. The van der Waals surface area contributed by atoms with Crippen LogP contribution in [-0.4, -0.2) is 30.7 Å². The maximum absolute atomic E-state index is 11.7. The standard InChI is InChI=1S/C18H26N2O3/c1-13(2)16(21)11-19-18(23)12-20-17(22)6-4-5-15-9-7-14(3)8-10-15/h7-10,13H,4-6,11-12H2,1-3H3,(H,19,23)(H,20,22). The van der Waals surface area contributed by atoms with E-state index in [1.54, 1.807) is 13.8 Å². The fourth-order valence-electron chi connectivity index (χ4n) is 1.93. The molecule has 5 nitrogen and oxygen atoms in total. The molecule has 0 radical (unpaired) electrons. The van der Waals surface area contributed by atoms with Crippen LogP contribution in [0.15, 0.2) is 24.3 Å². The summed E-state index contributed by atoms with van der Waals surface area (Å²) in [4.78, 5) is 34.6. The quantitative estimate of drug-likeness (QED) is 0.729. The number of carbonyl (C=O) groups is 3. The third-order valence-electron chi connectivity index (χ3n) is 3.54. The molecule has 0 atom stereocenters. The fourth-order valence-corrected chi connectivity index (χ4v) is 1.93. The molecule has 0 spiro atoms. The first-order chi connectivity index (χ1) is 10.9.